The normalized spacial score (nSPS) is 56.4. The molecule has 314 valence electrons. The van der Waals surface area contributed by atoms with E-state index in [1.165, 1.54) is 108 Å². The molecule has 16 bridgehead atoms. The monoisotopic (exact) mass is 848 g/mol. The third-order valence-electron chi connectivity index (χ3n) is 18.6. The molecule has 16 rings (SSSR count). The Bertz CT molecular complexity index is 1550. The number of fused-ring (bicyclic) bond motifs is 4. The van der Waals surface area contributed by atoms with Gasteiger partial charge in [0.25, 0.3) is 0 Å². The molecule has 0 heterocycles. The largest absolute Gasteiger partial charge is 0.411 e. The number of aliphatic imine (C=N–C) groups is 1. The van der Waals surface area contributed by atoms with Crippen LogP contribution in [0.5, 0.6) is 0 Å². The zero-order chi connectivity index (χ0) is 39.4. The fourth-order valence-electron chi connectivity index (χ4n) is 16.9. The predicted molar refractivity (Wildman–Crippen MR) is 234 cm³/mol. The van der Waals surface area contributed by atoms with Gasteiger partial charge in [-0.05, 0) is 224 Å². The molecular weight excluding hydrogens is 778 g/mol. The molecule has 0 aromatic heterocycles. The van der Waals surface area contributed by atoms with Gasteiger partial charge in [-0.3, -0.25) is 4.99 Å². The van der Waals surface area contributed by atoms with Gasteiger partial charge in [0, 0.05) is 38.2 Å². The zero-order valence-electron chi connectivity index (χ0n) is 34.7. The van der Waals surface area contributed by atoms with Gasteiger partial charge in [-0.15, -0.1) is 46.4 Å². The van der Waals surface area contributed by atoms with Crippen LogP contribution in [-0.2, 0) is 0 Å². The predicted octanol–water partition coefficient (Wildman–Crippen LogP) is 13.1. The lowest BCUT2D eigenvalue weighted by atomic mass is 9.66. The summed E-state index contributed by atoms with van der Waals surface area (Å²) in [6, 6.07) is 0. The van der Waals surface area contributed by atoms with Crippen LogP contribution in [0, 0.1) is 82.9 Å². The molecular formula is C48H72Cl4N2O2. The van der Waals surface area contributed by atoms with Gasteiger partial charge in [0.1, 0.15) is 0 Å². The third-order valence-corrected chi connectivity index (χ3v) is 20.4. The first kappa shape index (κ1) is 41.4. The summed E-state index contributed by atoms with van der Waals surface area (Å²) in [5.74, 6) is 10.4. The van der Waals surface area contributed by atoms with E-state index in [1.807, 2.05) is 7.05 Å². The fraction of sp³-hybridized carbons (Fsp3) is 0.917. The number of nitrogens with zero attached hydrogens (tertiary/aromatic N) is 2. The molecule has 0 aliphatic heterocycles. The van der Waals surface area contributed by atoms with Crippen LogP contribution in [0.2, 0.25) is 0 Å². The molecule has 2 N–H and O–H groups in total. The van der Waals surface area contributed by atoms with Crippen molar-refractivity contribution in [3.8, 4) is 0 Å². The highest BCUT2D eigenvalue weighted by molar-refractivity contribution is 6.25. The highest BCUT2D eigenvalue weighted by Gasteiger charge is 2.54. The number of aliphatic hydroxyl groups is 1. The summed E-state index contributed by atoms with van der Waals surface area (Å²) in [6.45, 7) is 8.78. The lowest BCUT2D eigenvalue weighted by Crippen LogP contribution is -2.39. The van der Waals surface area contributed by atoms with E-state index in [0.29, 0.717) is 29.6 Å². The minimum atomic E-state index is -0.0778. The van der Waals surface area contributed by atoms with Crippen molar-refractivity contribution in [2.24, 2.45) is 93.0 Å². The van der Waals surface area contributed by atoms with Gasteiger partial charge in [-0.1, -0.05) is 25.6 Å². The number of halogens is 4. The number of alkyl halides is 4. The van der Waals surface area contributed by atoms with Crippen LogP contribution in [0.25, 0.3) is 0 Å². The summed E-state index contributed by atoms with van der Waals surface area (Å²) in [5.41, 5.74) is 3.36. The van der Waals surface area contributed by atoms with Crippen molar-refractivity contribution < 1.29 is 10.3 Å². The molecule has 16 aliphatic rings. The van der Waals surface area contributed by atoms with Crippen molar-refractivity contribution >= 4 is 57.8 Å². The van der Waals surface area contributed by atoms with Crippen molar-refractivity contribution in [2.45, 2.75) is 181 Å². The number of rotatable bonds is 0. The molecule has 56 heavy (non-hydrogen) atoms. The van der Waals surface area contributed by atoms with E-state index in [0.717, 1.165) is 103 Å². The van der Waals surface area contributed by atoms with E-state index >= 15 is 0 Å². The quantitative estimate of drug-likeness (QED) is 0.145. The van der Waals surface area contributed by atoms with Crippen LogP contribution < -0.4 is 0 Å². The lowest BCUT2D eigenvalue weighted by Gasteiger charge is -2.44. The second-order valence-electron chi connectivity index (χ2n) is 23.0. The fourth-order valence-corrected chi connectivity index (χ4v) is 19.4. The maximum absolute atomic E-state index is 10.2. The summed E-state index contributed by atoms with van der Waals surface area (Å²) in [5, 5.41) is 22.8. The molecule has 19 unspecified atom stereocenters. The van der Waals surface area contributed by atoms with Gasteiger partial charge in [0.2, 0.25) is 0 Å². The maximum Gasteiger partial charge on any atom is 0.0856 e. The number of aliphatic hydroxyl groups excluding tert-OH is 1. The molecule has 0 spiro atoms. The molecule has 0 aromatic carbocycles. The van der Waals surface area contributed by atoms with Crippen molar-refractivity contribution in [3.05, 3.63) is 12.2 Å². The summed E-state index contributed by atoms with van der Waals surface area (Å²) < 4.78 is 0. The molecule has 0 radical (unpaired) electrons. The van der Waals surface area contributed by atoms with Gasteiger partial charge >= 0.3 is 0 Å². The van der Waals surface area contributed by atoms with Crippen LogP contribution in [0.4, 0.5) is 0 Å². The van der Waals surface area contributed by atoms with Gasteiger partial charge in [0.05, 0.1) is 11.8 Å². The Balaban J connectivity index is 0.0000000976. The minimum Gasteiger partial charge on any atom is -0.411 e. The summed E-state index contributed by atoms with van der Waals surface area (Å²) in [4.78, 5) is 4.91. The Labute approximate surface area is 359 Å². The highest BCUT2D eigenvalue weighted by atomic mass is 35.5. The van der Waals surface area contributed by atoms with Crippen LogP contribution >= 0.6 is 46.4 Å². The van der Waals surface area contributed by atoms with Crippen molar-refractivity contribution in [3.63, 3.8) is 0 Å². The average Bonchev–Trinajstić information content (AvgIpc) is 3.50. The van der Waals surface area contributed by atoms with E-state index in [2.05, 4.69) is 30.6 Å². The number of oxime groups is 1. The second-order valence-corrected chi connectivity index (χ2v) is 26.2. The molecule has 0 saturated heterocycles. The Hall–Kier alpha value is -0.0000000000000000555. The van der Waals surface area contributed by atoms with E-state index in [-0.39, 0.29) is 25.6 Å². The van der Waals surface area contributed by atoms with Gasteiger partial charge in [-0.25, -0.2) is 0 Å². The van der Waals surface area contributed by atoms with Crippen molar-refractivity contribution in [1.29, 1.82) is 0 Å². The number of hydrogen-bond acceptors (Lipinski definition) is 4. The summed E-state index contributed by atoms with van der Waals surface area (Å²) >= 11 is 26.7. The zero-order valence-corrected chi connectivity index (χ0v) is 37.7. The maximum atomic E-state index is 10.2. The first-order chi connectivity index (χ1) is 26.5. The van der Waals surface area contributed by atoms with E-state index in [1.54, 1.807) is 0 Å². The molecule has 16 aliphatic carbocycles. The Morgan fingerprint density at radius 3 is 1.62 bits per heavy atom. The molecule has 19 atom stereocenters. The molecule has 0 aromatic rings. The SMILES string of the molecule is C=C1C(=NO)C2CC3CC1CC(Cl)(C3)C2.CC1C2CC3CC(CC(Cl)(C3)C2)C1O.CC1CC2CC3CC1CC(Cl)(C2)C3.CN=C1CC2CC3CC1CC(Cl)(C2)C3. The topological polar surface area (TPSA) is 65.2 Å². The molecule has 4 nitrogen and oxygen atoms in total. The summed E-state index contributed by atoms with van der Waals surface area (Å²) in [6.07, 6.45) is 27.6. The second kappa shape index (κ2) is 15.4. The first-order valence-electron chi connectivity index (χ1n) is 23.3. The Morgan fingerprint density at radius 1 is 0.536 bits per heavy atom. The Kier molecular flexibility index (Phi) is 11.4. The minimum absolute atomic E-state index is 0.0358. The summed E-state index contributed by atoms with van der Waals surface area (Å²) in [7, 11) is 1.96. The van der Waals surface area contributed by atoms with Crippen LogP contribution in [0.3, 0.4) is 0 Å². The standard InChI is InChI=1S/C12H16ClNO.C12H18ClN.C12H19ClO.C12H19Cl/c1-7-9-2-8-3-10(11(7)14-15)6-12(13,4-8)5-9;1-14-11-4-9-2-8-3-10(11)7-12(13,5-8)6-9;1-7-9-2-8-3-10(11(7)14)6-12(13,4-8)5-9;1-8-2-9-3-10-4-11(8)7-12(13,5-9)6-10/h8-10,15H,1-6H2;8-10H,2-7H2,1H3;7-11,14H,2-6H2,1H3;8-11H,2-7H2,1H3. The van der Waals surface area contributed by atoms with Crippen LogP contribution in [0.1, 0.15) is 155 Å². The highest BCUT2D eigenvalue weighted by Crippen LogP contribution is 2.60. The number of hydrogen-bond donors (Lipinski definition) is 2. The number of allylic oxidation sites excluding steroid dienone is 1. The van der Waals surface area contributed by atoms with Gasteiger partial charge < -0.3 is 10.3 Å². The van der Waals surface area contributed by atoms with Crippen LogP contribution in [-0.4, -0.2) is 54.4 Å². The smallest absolute Gasteiger partial charge is 0.0856 e. The lowest BCUT2D eigenvalue weighted by molar-refractivity contribution is 0.0447. The van der Waals surface area contributed by atoms with Crippen molar-refractivity contribution in [1.82, 2.24) is 0 Å². The van der Waals surface area contributed by atoms with Gasteiger partial charge in [-0.2, -0.15) is 0 Å². The van der Waals surface area contributed by atoms with Crippen LogP contribution in [0.15, 0.2) is 22.3 Å². The van der Waals surface area contributed by atoms with Gasteiger partial charge in [0.15, 0.2) is 0 Å². The molecule has 16 fully saturated rings. The molecule has 0 amide bonds. The average molecular weight is 851 g/mol. The Morgan fingerprint density at radius 2 is 0.982 bits per heavy atom. The van der Waals surface area contributed by atoms with E-state index < -0.39 is 0 Å². The molecule has 8 heteroatoms. The molecule has 16 saturated carbocycles. The third kappa shape index (κ3) is 8.20. The van der Waals surface area contributed by atoms with E-state index in [9.17, 15) is 5.11 Å². The van der Waals surface area contributed by atoms with Crippen molar-refractivity contribution in [2.75, 3.05) is 7.05 Å². The van der Waals surface area contributed by atoms with E-state index in [4.69, 9.17) is 51.6 Å². The first-order valence-corrected chi connectivity index (χ1v) is 24.8.